The number of carbonyl (C=O) groups is 2. The van der Waals surface area contributed by atoms with Crippen molar-refractivity contribution in [1.82, 2.24) is 9.80 Å². The number of hydrogen-bond donors (Lipinski definition) is 0. The smallest absolute Gasteiger partial charge is 0.266 e. The number of amidine groups is 1. The lowest BCUT2D eigenvalue weighted by Gasteiger charge is -2.26. The molecule has 2 aliphatic heterocycles. The minimum Gasteiger partial charge on any atom is -0.489 e. The van der Waals surface area contributed by atoms with Gasteiger partial charge in [0.2, 0.25) is 0 Å². The molecule has 0 radical (unpaired) electrons. The van der Waals surface area contributed by atoms with Crippen LogP contribution < -0.4 is 4.74 Å². The summed E-state index contributed by atoms with van der Waals surface area (Å²) in [5, 5.41) is 1.26. The van der Waals surface area contributed by atoms with Gasteiger partial charge in [-0.3, -0.25) is 14.5 Å². The molecule has 2 amide bonds. The van der Waals surface area contributed by atoms with Crippen LogP contribution in [0.2, 0.25) is 5.02 Å². The van der Waals surface area contributed by atoms with E-state index >= 15 is 0 Å². The third-order valence-electron chi connectivity index (χ3n) is 6.35. The Labute approximate surface area is 237 Å². The predicted molar refractivity (Wildman–Crippen MR) is 155 cm³/mol. The topological polar surface area (TPSA) is 71.4 Å². The number of hydrogen-bond acceptors (Lipinski definition) is 6. The summed E-state index contributed by atoms with van der Waals surface area (Å²) in [4.78, 5) is 34.8. The van der Waals surface area contributed by atoms with E-state index in [0.29, 0.717) is 71.6 Å². The van der Waals surface area contributed by atoms with Crippen LogP contribution >= 0.6 is 23.4 Å². The molecule has 0 aromatic heterocycles. The number of rotatable bonds is 7. The highest BCUT2D eigenvalue weighted by molar-refractivity contribution is 8.18. The summed E-state index contributed by atoms with van der Waals surface area (Å²) in [5.74, 6) is 0.579. The van der Waals surface area contributed by atoms with Crippen LogP contribution in [0.5, 0.6) is 5.75 Å². The lowest BCUT2D eigenvalue weighted by molar-refractivity contribution is -0.122. The molecule has 0 bridgehead atoms. The van der Waals surface area contributed by atoms with Crippen molar-refractivity contribution in [1.29, 1.82) is 0 Å². The first kappa shape index (κ1) is 27.0. The first-order valence-corrected chi connectivity index (χ1v) is 13.9. The van der Waals surface area contributed by atoms with E-state index in [9.17, 15) is 9.59 Å². The van der Waals surface area contributed by atoms with Gasteiger partial charge in [0.25, 0.3) is 11.8 Å². The van der Waals surface area contributed by atoms with E-state index in [1.165, 1.54) is 11.8 Å². The molecule has 0 unspecified atom stereocenters. The van der Waals surface area contributed by atoms with Crippen LogP contribution in [-0.4, -0.2) is 59.6 Å². The number of nitrogens with zero attached hydrogens (tertiary/aromatic N) is 3. The third-order valence-corrected chi connectivity index (χ3v) is 7.73. The molecular weight excluding hydrogens is 534 g/mol. The largest absolute Gasteiger partial charge is 0.489 e. The Bertz CT molecular complexity index is 1420. The molecule has 0 N–H and O–H groups in total. The van der Waals surface area contributed by atoms with Gasteiger partial charge in [0.1, 0.15) is 12.4 Å². The second-order valence-electron chi connectivity index (χ2n) is 8.96. The molecule has 2 saturated heterocycles. The molecule has 2 aliphatic rings. The molecule has 0 spiro atoms. The SMILES string of the molecule is CCN1C(=O)/C(=C\c2ccc(OCc3ccccc3Cl)cc2)SC1=Nc1cccc(C(=O)N2CCOCC2)c1. The van der Waals surface area contributed by atoms with Gasteiger partial charge in [0, 0.05) is 35.8 Å². The first-order valence-electron chi connectivity index (χ1n) is 12.8. The van der Waals surface area contributed by atoms with Gasteiger partial charge in [0.15, 0.2) is 5.17 Å². The van der Waals surface area contributed by atoms with Gasteiger partial charge >= 0.3 is 0 Å². The van der Waals surface area contributed by atoms with E-state index in [1.54, 1.807) is 21.9 Å². The van der Waals surface area contributed by atoms with Crippen molar-refractivity contribution in [3.8, 4) is 5.75 Å². The van der Waals surface area contributed by atoms with Gasteiger partial charge in [0.05, 0.1) is 23.8 Å². The Morgan fingerprint density at radius 2 is 1.85 bits per heavy atom. The zero-order valence-corrected chi connectivity index (χ0v) is 23.1. The van der Waals surface area contributed by atoms with Crippen molar-refractivity contribution in [3.63, 3.8) is 0 Å². The second kappa shape index (κ2) is 12.5. The quantitative estimate of drug-likeness (QED) is 0.330. The summed E-state index contributed by atoms with van der Waals surface area (Å²) in [5.41, 5.74) is 3.00. The van der Waals surface area contributed by atoms with Crippen LogP contribution in [0.3, 0.4) is 0 Å². The normalized spacial score (nSPS) is 17.7. The molecule has 0 saturated carbocycles. The van der Waals surface area contributed by atoms with Gasteiger partial charge in [-0.1, -0.05) is 48.0 Å². The zero-order valence-electron chi connectivity index (χ0n) is 21.5. The lowest BCUT2D eigenvalue weighted by atomic mass is 10.1. The maximum atomic E-state index is 13.1. The molecular formula is C30H28ClN3O4S. The van der Waals surface area contributed by atoms with E-state index in [0.717, 1.165) is 11.1 Å². The molecule has 7 nitrogen and oxygen atoms in total. The molecule has 39 heavy (non-hydrogen) atoms. The number of halogens is 1. The van der Waals surface area contributed by atoms with Crippen molar-refractivity contribution in [2.75, 3.05) is 32.8 Å². The monoisotopic (exact) mass is 561 g/mol. The van der Waals surface area contributed by atoms with E-state index in [-0.39, 0.29) is 11.8 Å². The van der Waals surface area contributed by atoms with E-state index in [4.69, 9.17) is 26.1 Å². The summed E-state index contributed by atoms with van der Waals surface area (Å²) >= 11 is 7.53. The van der Waals surface area contributed by atoms with Gasteiger partial charge in [-0.2, -0.15) is 0 Å². The average molecular weight is 562 g/mol. The maximum absolute atomic E-state index is 13.1. The van der Waals surface area contributed by atoms with Crippen molar-refractivity contribution in [2.24, 2.45) is 4.99 Å². The van der Waals surface area contributed by atoms with Crippen molar-refractivity contribution >= 4 is 52.1 Å². The number of carbonyl (C=O) groups excluding carboxylic acids is 2. The van der Waals surface area contributed by atoms with Crippen LogP contribution in [-0.2, 0) is 16.1 Å². The first-order chi connectivity index (χ1) is 19.0. The van der Waals surface area contributed by atoms with Gasteiger partial charge < -0.3 is 14.4 Å². The van der Waals surface area contributed by atoms with E-state index in [2.05, 4.69) is 0 Å². The van der Waals surface area contributed by atoms with Crippen LogP contribution in [0, 0.1) is 0 Å². The molecule has 0 aliphatic carbocycles. The van der Waals surface area contributed by atoms with Gasteiger partial charge in [-0.25, -0.2) is 4.99 Å². The van der Waals surface area contributed by atoms with Crippen LogP contribution in [0.25, 0.3) is 6.08 Å². The Hall–Kier alpha value is -3.59. The molecule has 9 heteroatoms. The molecule has 5 rings (SSSR count). The van der Waals surface area contributed by atoms with Crippen molar-refractivity contribution in [2.45, 2.75) is 13.5 Å². The number of thioether (sulfide) groups is 1. The molecule has 2 heterocycles. The van der Waals surface area contributed by atoms with Gasteiger partial charge in [-0.15, -0.1) is 0 Å². The number of benzene rings is 3. The molecule has 200 valence electrons. The Morgan fingerprint density at radius 1 is 1.08 bits per heavy atom. The number of aliphatic imine (C=N–C) groups is 1. The number of ether oxygens (including phenoxy) is 2. The molecule has 3 aromatic carbocycles. The minimum atomic E-state index is -0.0964. The fourth-order valence-corrected chi connectivity index (χ4v) is 5.48. The van der Waals surface area contributed by atoms with E-state index < -0.39 is 0 Å². The zero-order chi connectivity index (χ0) is 27.2. The molecule has 2 fully saturated rings. The Morgan fingerprint density at radius 3 is 2.59 bits per heavy atom. The minimum absolute atomic E-state index is 0.0391. The van der Waals surface area contributed by atoms with Gasteiger partial charge in [-0.05, 0) is 66.7 Å². The third kappa shape index (κ3) is 6.53. The summed E-state index contributed by atoms with van der Waals surface area (Å²) in [6.45, 7) is 5.03. The fourth-order valence-electron chi connectivity index (χ4n) is 4.23. The van der Waals surface area contributed by atoms with Crippen molar-refractivity contribution < 1.29 is 19.1 Å². The average Bonchev–Trinajstić information content (AvgIpc) is 3.26. The highest BCUT2D eigenvalue weighted by Crippen LogP contribution is 2.34. The Balaban J connectivity index is 1.29. The summed E-state index contributed by atoms with van der Waals surface area (Å²) in [6.07, 6.45) is 1.86. The molecule has 0 atom stereocenters. The number of amides is 2. The number of morpholine rings is 1. The summed E-state index contributed by atoms with van der Waals surface area (Å²) in [7, 11) is 0. The Kier molecular flexibility index (Phi) is 8.66. The van der Waals surface area contributed by atoms with Crippen LogP contribution in [0.15, 0.2) is 82.7 Å². The van der Waals surface area contributed by atoms with Crippen LogP contribution in [0.1, 0.15) is 28.4 Å². The van der Waals surface area contributed by atoms with Crippen molar-refractivity contribution in [3.05, 3.63) is 99.4 Å². The predicted octanol–water partition coefficient (Wildman–Crippen LogP) is 6.02. The lowest BCUT2D eigenvalue weighted by Crippen LogP contribution is -2.40. The van der Waals surface area contributed by atoms with E-state index in [1.807, 2.05) is 73.7 Å². The fraction of sp³-hybridized carbons (Fsp3) is 0.233. The maximum Gasteiger partial charge on any atom is 0.266 e. The second-order valence-corrected chi connectivity index (χ2v) is 10.4. The standard InChI is InChI=1S/C30H28ClN3O4S/c1-2-34-29(36)27(18-21-10-12-25(13-11-21)38-20-23-6-3-4-9-26(23)31)39-30(34)32-24-8-5-7-22(19-24)28(35)33-14-16-37-17-15-33/h3-13,18-19H,2,14-17,20H2,1H3/b27-18+,32-30?. The summed E-state index contributed by atoms with van der Waals surface area (Å²) < 4.78 is 11.2. The summed E-state index contributed by atoms with van der Waals surface area (Å²) in [6, 6.07) is 22.4. The van der Waals surface area contributed by atoms with Crippen LogP contribution in [0.4, 0.5) is 5.69 Å². The molecule has 3 aromatic rings. The highest BCUT2D eigenvalue weighted by Gasteiger charge is 2.32. The highest BCUT2D eigenvalue weighted by atomic mass is 35.5. The number of likely N-dealkylation sites (N-methyl/N-ethyl adjacent to an activating group) is 1.